The van der Waals surface area contributed by atoms with Gasteiger partial charge in [0.1, 0.15) is 5.75 Å². The lowest BCUT2D eigenvalue weighted by molar-refractivity contribution is -0.137. The lowest BCUT2D eigenvalue weighted by Gasteiger charge is -2.05. The molecule has 0 aliphatic heterocycles. The van der Waals surface area contributed by atoms with Crippen LogP contribution in [0.3, 0.4) is 0 Å². The molecule has 0 unspecified atom stereocenters. The quantitative estimate of drug-likeness (QED) is 0.766. The lowest BCUT2D eigenvalue weighted by Crippen LogP contribution is -2.04. The highest BCUT2D eigenvalue weighted by molar-refractivity contribution is 14.1. The topological polar surface area (TPSA) is 46.5 Å². The number of aliphatic carboxylic acids is 1. The van der Waals surface area contributed by atoms with Crippen LogP contribution < -0.4 is 4.74 Å². The second-order valence-corrected chi connectivity index (χ2v) is 5.09. The predicted molar refractivity (Wildman–Crippen MR) is 69.6 cm³/mol. The van der Waals surface area contributed by atoms with Gasteiger partial charge in [-0.1, -0.05) is 0 Å². The number of ether oxygens (including phenoxy) is 1. The third kappa shape index (κ3) is 4.45. The molecule has 0 radical (unpaired) electrons. The molecule has 14 heavy (non-hydrogen) atoms. The standard InChI is InChI=1S/C9H8I2O3/c10-6-3-7(11)5-8(4-6)14-2-1-9(12)13/h3-5H,1-2H2,(H,12,13). The number of carboxylic acids is 1. The van der Waals surface area contributed by atoms with Crippen LogP contribution in [0.25, 0.3) is 0 Å². The van der Waals surface area contributed by atoms with Crippen molar-refractivity contribution < 1.29 is 14.6 Å². The molecule has 0 atom stereocenters. The van der Waals surface area contributed by atoms with Gasteiger partial charge in [-0.05, 0) is 63.4 Å². The molecule has 0 aromatic heterocycles. The normalized spacial score (nSPS) is 9.86. The molecule has 0 aliphatic carbocycles. The maximum absolute atomic E-state index is 10.2. The van der Waals surface area contributed by atoms with E-state index in [9.17, 15) is 4.79 Å². The molecule has 0 aliphatic rings. The van der Waals surface area contributed by atoms with E-state index in [4.69, 9.17) is 9.84 Å². The van der Waals surface area contributed by atoms with Crippen LogP contribution in [0.2, 0.25) is 0 Å². The van der Waals surface area contributed by atoms with Gasteiger partial charge >= 0.3 is 5.97 Å². The molecule has 0 fully saturated rings. The van der Waals surface area contributed by atoms with Crippen molar-refractivity contribution in [2.24, 2.45) is 0 Å². The van der Waals surface area contributed by atoms with Crippen molar-refractivity contribution in [3.05, 3.63) is 25.3 Å². The Hall–Kier alpha value is -0.0500. The Labute approximate surface area is 109 Å². The Balaban J connectivity index is 2.54. The number of benzene rings is 1. The highest BCUT2D eigenvalue weighted by atomic mass is 127. The van der Waals surface area contributed by atoms with Crippen molar-refractivity contribution >= 4 is 51.2 Å². The molecular weight excluding hydrogens is 410 g/mol. The average Bonchev–Trinajstić information content (AvgIpc) is 2.01. The number of hydrogen-bond donors (Lipinski definition) is 1. The van der Waals surface area contributed by atoms with Crippen LogP contribution in [0.5, 0.6) is 5.75 Å². The van der Waals surface area contributed by atoms with Gasteiger partial charge in [0.15, 0.2) is 0 Å². The summed E-state index contributed by atoms with van der Waals surface area (Å²) in [6, 6.07) is 5.78. The summed E-state index contributed by atoms with van der Waals surface area (Å²) in [7, 11) is 0. The lowest BCUT2D eigenvalue weighted by atomic mass is 10.3. The minimum absolute atomic E-state index is 0.0298. The summed E-state index contributed by atoms with van der Waals surface area (Å²) in [6.07, 6.45) is 0.0298. The van der Waals surface area contributed by atoms with E-state index in [0.29, 0.717) is 0 Å². The van der Waals surface area contributed by atoms with E-state index in [1.165, 1.54) is 0 Å². The summed E-state index contributed by atoms with van der Waals surface area (Å²) in [5, 5.41) is 8.42. The third-order valence-electron chi connectivity index (χ3n) is 1.42. The van der Waals surface area contributed by atoms with E-state index >= 15 is 0 Å². The Morgan fingerprint density at radius 2 is 1.86 bits per heavy atom. The van der Waals surface area contributed by atoms with E-state index in [0.717, 1.165) is 12.9 Å². The maximum Gasteiger partial charge on any atom is 0.306 e. The van der Waals surface area contributed by atoms with E-state index in [2.05, 4.69) is 45.2 Å². The van der Waals surface area contributed by atoms with Gasteiger partial charge in [0.25, 0.3) is 0 Å². The van der Waals surface area contributed by atoms with Gasteiger partial charge in [-0.3, -0.25) is 4.79 Å². The zero-order chi connectivity index (χ0) is 10.6. The maximum atomic E-state index is 10.2. The van der Waals surface area contributed by atoms with Crippen LogP contribution in [0.4, 0.5) is 0 Å². The molecule has 76 valence electrons. The molecule has 0 bridgehead atoms. The Morgan fingerprint density at radius 3 is 2.36 bits per heavy atom. The van der Waals surface area contributed by atoms with Gasteiger partial charge < -0.3 is 9.84 Å². The van der Waals surface area contributed by atoms with Gasteiger partial charge in [0, 0.05) is 7.14 Å². The average molecular weight is 418 g/mol. The monoisotopic (exact) mass is 418 g/mol. The molecule has 0 saturated carbocycles. The van der Waals surface area contributed by atoms with Gasteiger partial charge in [-0.2, -0.15) is 0 Å². The van der Waals surface area contributed by atoms with Gasteiger partial charge in [0.05, 0.1) is 13.0 Å². The van der Waals surface area contributed by atoms with E-state index in [-0.39, 0.29) is 13.0 Å². The van der Waals surface area contributed by atoms with E-state index in [1.54, 1.807) is 0 Å². The fourth-order valence-corrected chi connectivity index (χ4v) is 2.75. The van der Waals surface area contributed by atoms with Crippen LogP contribution in [-0.2, 0) is 4.79 Å². The van der Waals surface area contributed by atoms with Crippen molar-refractivity contribution in [1.29, 1.82) is 0 Å². The van der Waals surface area contributed by atoms with Crippen molar-refractivity contribution in [2.75, 3.05) is 6.61 Å². The molecule has 1 rings (SSSR count). The van der Waals surface area contributed by atoms with Gasteiger partial charge in [0.2, 0.25) is 0 Å². The molecule has 1 N–H and O–H groups in total. The summed E-state index contributed by atoms with van der Waals surface area (Å²) in [4.78, 5) is 10.2. The first-order valence-corrected chi connectivity index (χ1v) is 6.04. The van der Waals surface area contributed by atoms with Crippen LogP contribution in [0.15, 0.2) is 18.2 Å². The molecule has 1 aromatic carbocycles. The molecule has 0 amide bonds. The Kier molecular flexibility index (Phi) is 4.93. The molecule has 5 heteroatoms. The largest absolute Gasteiger partial charge is 0.493 e. The fourth-order valence-electron chi connectivity index (χ4n) is 0.868. The number of rotatable bonds is 4. The third-order valence-corrected chi connectivity index (χ3v) is 2.67. The fraction of sp³-hybridized carbons (Fsp3) is 0.222. The summed E-state index contributed by atoms with van der Waals surface area (Å²) in [5.41, 5.74) is 0. The van der Waals surface area contributed by atoms with Crippen LogP contribution in [-0.4, -0.2) is 17.7 Å². The van der Waals surface area contributed by atoms with Crippen molar-refractivity contribution in [1.82, 2.24) is 0 Å². The minimum Gasteiger partial charge on any atom is -0.493 e. The highest BCUT2D eigenvalue weighted by Crippen LogP contribution is 2.20. The number of carbonyl (C=O) groups is 1. The first-order valence-electron chi connectivity index (χ1n) is 3.88. The summed E-state index contributed by atoms with van der Waals surface area (Å²) < 4.78 is 7.45. The zero-order valence-corrected chi connectivity index (χ0v) is 11.5. The SMILES string of the molecule is O=C(O)CCOc1cc(I)cc(I)c1. The van der Waals surface area contributed by atoms with E-state index < -0.39 is 5.97 Å². The molecule has 3 nitrogen and oxygen atoms in total. The number of carboxylic acid groups (broad SMARTS) is 1. The summed E-state index contributed by atoms with van der Waals surface area (Å²) >= 11 is 4.39. The van der Waals surface area contributed by atoms with Gasteiger partial charge in [-0.15, -0.1) is 0 Å². The first kappa shape index (κ1) is 12.0. The van der Waals surface area contributed by atoms with Crippen molar-refractivity contribution in [3.63, 3.8) is 0 Å². The highest BCUT2D eigenvalue weighted by Gasteiger charge is 2.00. The first-order chi connectivity index (χ1) is 6.58. The van der Waals surface area contributed by atoms with Crippen LogP contribution in [0, 0.1) is 7.14 Å². The Morgan fingerprint density at radius 1 is 1.29 bits per heavy atom. The molecule has 1 aromatic rings. The summed E-state index contributed by atoms with van der Waals surface area (Å²) in [5.74, 6) is -0.118. The van der Waals surface area contributed by atoms with Crippen LogP contribution >= 0.6 is 45.2 Å². The molecule has 0 spiro atoms. The number of halogens is 2. The van der Waals surface area contributed by atoms with Gasteiger partial charge in [-0.25, -0.2) is 0 Å². The molecular formula is C9H8I2O3. The minimum atomic E-state index is -0.842. The smallest absolute Gasteiger partial charge is 0.306 e. The van der Waals surface area contributed by atoms with Crippen LogP contribution in [0.1, 0.15) is 6.42 Å². The summed E-state index contributed by atoms with van der Waals surface area (Å²) in [6.45, 7) is 0.214. The Bertz CT molecular complexity index is 319. The molecule has 0 saturated heterocycles. The van der Waals surface area contributed by atoms with Crippen molar-refractivity contribution in [3.8, 4) is 5.75 Å². The predicted octanol–water partition coefficient (Wildman–Crippen LogP) is 2.75. The number of hydrogen-bond acceptors (Lipinski definition) is 2. The second-order valence-electron chi connectivity index (χ2n) is 2.60. The molecule has 0 heterocycles. The van der Waals surface area contributed by atoms with E-state index in [1.807, 2.05) is 18.2 Å². The van der Waals surface area contributed by atoms with Crippen molar-refractivity contribution in [2.45, 2.75) is 6.42 Å². The second kappa shape index (κ2) is 5.74. The zero-order valence-electron chi connectivity index (χ0n) is 7.17.